The first kappa shape index (κ1) is 27.1. The summed E-state index contributed by atoms with van der Waals surface area (Å²) < 4.78 is 39.2. The molecular weight excluding hydrogens is 463 g/mol. The van der Waals surface area contributed by atoms with Crippen molar-refractivity contribution >= 4 is 15.7 Å². The fourth-order valence-corrected chi connectivity index (χ4v) is 5.81. The van der Waals surface area contributed by atoms with E-state index in [0.29, 0.717) is 18.8 Å². The molecule has 1 heterocycles. The molecule has 1 aliphatic heterocycles. The summed E-state index contributed by atoms with van der Waals surface area (Å²) in [6, 6.07) is 18.3. The standard InChI is InChI=1S/C27H37FN4O2S/c1-23(2)27(22-29,24-8-5-4-6-9-24)14-7-15-30-16-18-31(19-17-30)20-21-32(35(3,33)34)26-12-10-25(28)11-13-26/h4-6,8-13,23H,7,14-21H2,1-3H3. The van der Waals surface area contributed by atoms with E-state index in [1.807, 2.05) is 18.2 Å². The maximum atomic E-state index is 13.3. The molecule has 8 heteroatoms. The fourth-order valence-electron chi connectivity index (χ4n) is 4.90. The highest BCUT2D eigenvalue weighted by Crippen LogP contribution is 2.36. The lowest BCUT2D eigenvalue weighted by Crippen LogP contribution is -2.49. The maximum absolute atomic E-state index is 13.3. The van der Waals surface area contributed by atoms with Crippen molar-refractivity contribution in [1.82, 2.24) is 9.80 Å². The summed E-state index contributed by atoms with van der Waals surface area (Å²) >= 11 is 0. The molecule has 1 aliphatic rings. The van der Waals surface area contributed by atoms with Crippen LogP contribution in [-0.4, -0.2) is 70.3 Å². The van der Waals surface area contributed by atoms with Gasteiger partial charge in [0.15, 0.2) is 0 Å². The molecule has 0 amide bonds. The van der Waals surface area contributed by atoms with Gasteiger partial charge in [0.05, 0.1) is 23.4 Å². The number of hydrogen-bond acceptors (Lipinski definition) is 5. The highest BCUT2D eigenvalue weighted by Gasteiger charge is 2.35. The second-order valence-electron chi connectivity index (χ2n) is 9.70. The van der Waals surface area contributed by atoms with Gasteiger partial charge in [0, 0.05) is 39.3 Å². The van der Waals surface area contributed by atoms with E-state index >= 15 is 0 Å². The largest absolute Gasteiger partial charge is 0.301 e. The van der Waals surface area contributed by atoms with Gasteiger partial charge in [0.2, 0.25) is 10.0 Å². The van der Waals surface area contributed by atoms with Crippen LogP contribution in [0.5, 0.6) is 0 Å². The Morgan fingerprint density at radius 3 is 2.09 bits per heavy atom. The Morgan fingerprint density at radius 2 is 1.57 bits per heavy atom. The molecule has 1 saturated heterocycles. The van der Waals surface area contributed by atoms with Crippen LogP contribution in [0.15, 0.2) is 54.6 Å². The highest BCUT2D eigenvalue weighted by molar-refractivity contribution is 7.92. The normalized spacial score (nSPS) is 17.1. The van der Waals surface area contributed by atoms with Gasteiger partial charge in [-0.2, -0.15) is 5.26 Å². The Labute approximate surface area is 210 Å². The van der Waals surface area contributed by atoms with Crippen LogP contribution in [0, 0.1) is 23.1 Å². The molecule has 1 unspecified atom stereocenters. The van der Waals surface area contributed by atoms with Crippen molar-refractivity contribution in [3.05, 3.63) is 66.0 Å². The summed E-state index contributed by atoms with van der Waals surface area (Å²) in [7, 11) is -3.45. The summed E-state index contributed by atoms with van der Waals surface area (Å²) in [5.41, 5.74) is 1.11. The van der Waals surface area contributed by atoms with Crippen LogP contribution in [-0.2, 0) is 15.4 Å². The minimum absolute atomic E-state index is 0.227. The molecule has 1 fully saturated rings. The molecule has 0 spiro atoms. The average molecular weight is 501 g/mol. The SMILES string of the molecule is CC(C)C(C#N)(CCCN1CCN(CCN(c2ccc(F)cc2)S(C)(=O)=O)CC1)c1ccccc1. The van der Waals surface area contributed by atoms with Gasteiger partial charge in [0.1, 0.15) is 5.82 Å². The van der Waals surface area contributed by atoms with Crippen LogP contribution < -0.4 is 4.31 Å². The van der Waals surface area contributed by atoms with Crippen LogP contribution in [0.1, 0.15) is 32.3 Å². The Morgan fingerprint density at radius 1 is 1.00 bits per heavy atom. The van der Waals surface area contributed by atoms with Crippen LogP contribution >= 0.6 is 0 Å². The van der Waals surface area contributed by atoms with Gasteiger partial charge in [-0.3, -0.25) is 9.21 Å². The minimum atomic E-state index is -3.45. The summed E-state index contributed by atoms with van der Waals surface area (Å²) in [4.78, 5) is 4.70. The van der Waals surface area contributed by atoms with Crippen molar-refractivity contribution < 1.29 is 12.8 Å². The first-order valence-electron chi connectivity index (χ1n) is 12.3. The number of nitrogens with zero attached hydrogens (tertiary/aromatic N) is 4. The van der Waals surface area contributed by atoms with Crippen LogP contribution in [0.2, 0.25) is 0 Å². The van der Waals surface area contributed by atoms with Crippen LogP contribution in [0.3, 0.4) is 0 Å². The molecule has 35 heavy (non-hydrogen) atoms. The Balaban J connectivity index is 1.49. The quantitative estimate of drug-likeness (QED) is 0.465. The van der Waals surface area contributed by atoms with Crippen LogP contribution in [0.25, 0.3) is 0 Å². The van der Waals surface area contributed by atoms with Crippen LogP contribution in [0.4, 0.5) is 10.1 Å². The first-order chi connectivity index (χ1) is 16.7. The molecule has 2 aromatic rings. The number of anilines is 1. The van der Waals surface area contributed by atoms with Gasteiger partial charge in [-0.1, -0.05) is 44.2 Å². The van der Waals surface area contributed by atoms with E-state index in [1.165, 1.54) is 34.8 Å². The van der Waals surface area contributed by atoms with Crippen molar-refractivity contribution in [2.45, 2.75) is 32.1 Å². The van der Waals surface area contributed by atoms with Gasteiger partial charge in [0.25, 0.3) is 0 Å². The van der Waals surface area contributed by atoms with Gasteiger partial charge < -0.3 is 4.90 Å². The van der Waals surface area contributed by atoms with Crippen molar-refractivity contribution in [3.63, 3.8) is 0 Å². The van der Waals surface area contributed by atoms with Crippen molar-refractivity contribution in [2.24, 2.45) is 5.92 Å². The summed E-state index contributed by atoms with van der Waals surface area (Å²) in [6.07, 6.45) is 2.96. The summed E-state index contributed by atoms with van der Waals surface area (Å²) in [6.45, 7) is 9.73. The zero-order chi connectivity index (χ0) is 25.5. The molecule has 0 saturated carbocycles. The summed E-state index contributed by atoms with van der Waals surface area (Å²) in [5.74, 6) is -0.159. The lowest BCUT2D eigenvalue weighted by Gasteiger charge is -2.37. The predicted octanol–water partition coefficient (Wildman–Crippen LogP) is 4.11. The van der Waals surface area contributed by atoms with Gasteiger partial charge in [-0.25, -0.2) is 12.8 Å². The van der Waals surface area contributed by atoms with E-state index in [9.17, 15) is 18.1 Å². The molecule has 190 valence electrons. The number of hydrogen-bond donors (Lipinski definition) is 0. The molecule has 0 N–H and O–H groups in total. The molecule has 0 bridgehead atoms. The van der Waals surface area contributed by atoms with Gasteiger partial charge in [-0.05, 0) is 55.1 Å². The van der Waals surface area contributed by atoms with E-state index in [1.54, 1.807) is 0 Å². The fraction of sp³-hybridized carbons (Fsp3) is 0.519. The van der Waals surface area contributed by atoms with Crippen molar-refractivity contribution in [2.75, 3.05) is 56.4 Å². The number of piperazine rings is 1. The summed E-state index contributed by atoms with van der Waals surface area (Å²) in [5, 5.41) is 10.1. The molecule has 0 aromatic heterocycles. The monoisotopic (exact) mass is 500 g/mol. The molecule has 1 atom stereocenters. The van der Waals surface area contributed by atoms with Gasteiger partial charge in [-0.15, -0.1) is 0 Å². The third-order valence-electron chi connectivity index (χ3n) is 7.12. The van der Waals surface area contributed by atoms with Crippen molar-refractivity contribution in [3.8, 4) is 6.07 Å². The van der Waals surface area contributed by atoms with E-state index in [0.717, 1.165) is 51.1 Å². The minimum Gasteiger partial charge on any atom is -0.301 e. The van der Waals surface area contributed by atoms with E-state index in [-0.39, 0.29) is 11.7 Å². The molecule has 0 aliphatic carbocycles. The Hall–Kier alpha value is -2.47. The molecular formula is C27H37FN4O2S. The number of halogens is 1. The number of sulfonamides is 1. The lowest BCUT2D eigenvalue weighted by molar-refractivity contribution is 0.131. The van der Waals surface area contributed by atoms with Crippen molar-refractivity contribution in [1.29, 1.82) is 5.26 Å². The molecule has 2 aromatic carbocycles. The topological polar surface area (TPSA) is 67.7 Å². The smallest absolute Gasteiger partial charge is 0.232 e. The van der Waals surface area contributed by atoms with Gasteiger partial charge >= 0.3 is 0 Å². The maximum Gasteiger partial charge on any atom is 0.232 e. The van der Waals surface area contributed by atoms with E-state index < -0.39 is 15.4 Å². The average Bonchev–Trinajstić information content (AvgIpc) is 2.83. The highest BCUT2D eigenvalue weighted by atomic mass is 32.2. The lowest BCUT2D eigenvalue weighted by atomic mass is 9.70. The zero-order valence-corrected chi connectivity index (χ0v) is 21.8. The second-order valence-corrected chi connectivity index (χ2v) is 11.6. The number of benzene rings is 2. The van der Waals surface area contributed by atoms with E-state index in [2.05, 4.69) is 41.8 Å². The third kappa shape index (κ3) is 7.03. The second kappa shape index (κ2) is 12.0. The number of rotatable bonds is 11. The first-order valence-corrected chi connectivity index (χ1v) is 14.2. The Bertz CT molecular complexity index is 1080. The molecule has 6 nitrogen and oxygen atoms in total. The number of nitriles is 1. The molecule has 0 radical (unpaired) electrons. The Kier molecular flexibility index (Phi) is 9.28. The third-order valence-corrected chi connectivity index (χ3v) is 8.31. The molecule has 3 rings (SSSR count). The predicted molar refractivity (Wildman–Crippen MR) is 139 cm³/mol. The van der Waals surface area contributed by atoms with E-state index in [4.69, 9.17) is 0 Å². The zero-order valence-electron chi connectivity index (χ0n) is 21.0.